The van der Waals surface area contributed by atoms with E-state index in [-0.39, 0.29) is 12.1 Å². The van der Waals surface area contributed by atoms with Gasteiger partial charge in [-0.25, -0.2) is 14.6 Å². The molecule has 0 aliphatic heterocycles. The Morgan fingerprint density at radius 1 is 1.27 bits per heavy atom. The van der Waals surface area contributed by atoms with Gasteiger partial charge in [0.05, 0.1) is 6.20 Å². The van der Waals surface area contributed by atoms with E-state index in [9.17, 15) is 14.1 Å². The van der Waals surface area contributed by atoms with E-state index in [2.05, 4.69) is 29.4 Å². The van der Waals surface area contributed by atoms with E-state index >= 15 is 0 Å². The number of amides is 2. The van der Waals surface area contributed by atoms with Gasteiger partial charge >= 0.3 is 12.0 Å². The predicted octanol–water partition coefficient (Wildman–Crippen LogP) is 3.99. The minimum atomic E-state index is -1.66. The number of thiazole rings is 1. The number of carbonyl (C=O) groups excluding carboxylic acids is 1. The van der Waals surface area contributed by atoms with Gasteiger partial charge in [0.2, 0.25) is 9.96 Å². The predicted molar refractivity (Wildman–Crippen MR) is 118 cm³/mol. The number of aromatic nitrogens is 1. The third kappa shape index (κ3) is 6.45. The summed E-state index contributed by atoms with van der Waals surface area (Å²) in [6.45, 7) is 2.86. The zero-order chi connectivity index (χ0) is 21.5. The molecule has 1 aromatic carbocycles. The van der Waals surface area contributed by atoms with Gasteiger partial charge in [0.25, 0.3) is 0 Å². The van der Waals surface area contributed by atoms with Gasteiger partial charge < -0.3 is 14.6 Å². The number of carbonyl (C=O) groups is 2. The summed E-state index contributed by atoms with van der Waals surface area (Å²) in [5.41, 5.74) is 1.18. The number of hydrogen-bond acceptors (Lipinski definition) is 5. The molecule has 1 unspecified atom stereocenters. The van der Waals surface area contributed by atoms with Gasteiger partial charge in [-0.3, -0.25) is 5.32 Å². The van der Waals surface area contributed by atoms with E-state index in [0.29, 0.717) is 21.8 Å². The number of nitrogens with zero attached hydrogens (tertiary/aromatic N) is 2. The van der Waals surface area contributed by atoms with Crippen LogP contribution in [0.2, 0.25) is 0 Å². The Hall–Kier alpha value is -2.10. The summed E-state index contributed by atoms with van der Waals surface area (Å²) in [6, 6.07) is 10.1. The van der Waals surface area contributed by atoms with E-state index in [1.165, 1.54) is 11.8 Å². The van der Waals surface area contributed by atoms with Crippen LogP contribution in [0.1, 0.15) is 38.2 Å². The first-order valence-electron chi connectivity index (χ1n) is 10.1. The van der Waals surface area contributed by atoms with Crippen LogP contribution in [-0.2, 0) is 22.4 Å². The molecular weight excluding hydrogens is 422 g/mol. The average molecular weight is 450 g/mol. The molecule has 1 aliphatic rings. The van der Waals surface area contributed by atoms with Crippen LogP contribution < -0.4 is 5.32 Å². The van der Waals surface area contributed by atoms with E-state index in [1.54, 1.807) is 0 Å². The molecule has 9 heteroatoms. The van der Waals surface area contributed by atoms with E-state index in [1.807, 2.05) is 23.1 Å². The fourth-order valence-corrected chi connectivity index (χ4v) is 5.53. The highest BCUT2D eigenvalue weighted by molar-refractivity contribution is 7.94. The van der Waals surface area contributed by atoms with Crippen LogP contribution in [0.25, 0.3) is 0 Å². The van der Waals surface area contributed by atoms with Crippen LogP contribution in [0.4, 0.5) is 9.93 Å². The van der Waals surface area contributed by atoms with Crippen molar-refractivity contribution in [2.45, 2.75) is 49.3 Å². The molecule has 0 radical (unpaired) electrons. The number of carboxylic acids is 1. The maximum atomic E-state index is 13.1. The van der Waals surface area contributed by atoms with Gasteiger partial charge in [0.15, 0.2) is 5.13 Å². The average Bonchev–Trinajstić information content (AvgIpc) is 3.18. The number of aliphatic carboxylic acids is 1. The second kappa shape index (κ2) is 10.8. The van der Waals surface area contributed by atoms with Crippen molar-refractivity contribution in [3.05, 3.63) is 42.1 Å². The van der Waals surface area contributed by atoms with Crippen molar-refractivity contribution in [1.82, 2.24) is 9.88 Å². The number of benzene rings is 1. The van der Waals surface area contributed by atoms with Gasteiger partial charge in [0, 0.05) is 23.8 Å². The summed E-state index contributed by atoms with van der Waals surface area (Å²) in [5, 5.41) is 12.0. The van der Waals surface area contributed by atoms with Crippen molar-refractivity contribution in [2.24, 2.45) is 5.92 Å². The van der Waals surface area contributed by atoms with Crippen molar-refractivity contribution in [3.8, 4) is 0 Å². The van der Waals surface area contributed by atoms with Crippen LogP contribution in [-0.4, -0.2) is 49.9 Å². The molecule has 1 atom stereocenters. The largest absolute Gasteiger partial charge is 0.610 e. The summed E-state index contributed by atoms with van der Waals surface area (Å²) in [6.07, 6.45) is 6.32. The number of rotatable bonds is 8. The number of urea groups is 1. The number of carboxylic acid groups (broad SMARTS) is 1. The highest BCUT2D eigenvalue weighted by Crippen LogP contribution is 2.29. The molecule has 162 valence electrons. The Morgan fingerprint density at radius 3 is 2.63 bits per heavy atom. The molecular formula is C21H27N3O4S2. The molecule has 0 saturated heterocycles. The number of hydrogen-bond donors (Lipinski definition) is 2. The molecule has 1 aromatic heterocycles. The highest BCUT2D eigenvalue weighted by Gasteiger charge is 2.28. The molecule has 7 nitrogen and oxygen atoms in total. The molecule has 30 heavy (non-hydrogen) atoms. The van der Waals surface area contributed by atoms with Gasteiger partial charge in [-0.2, -0.15) is 0 Å². The summed E-state index contributed by atoms with van der Waals surface area (Å²) >= 11 is -0.606. The first-order valence-corrected chi connectivity index (χ1v) is 12.2. The molecule has 0 bridgehead atoms. The quantitative estimate of drug-likeness (QED) is 0.593. The van der Waals surface area contributed by atoms with Crippen molar-refractivity contribution in [2.75, 3.05) is 17.6 Å². The minimum Gasteiger partial charge on any atom is -0.610 e. The highest BCUT2D eigenvalue weighted by atomic mass is 32.2. The van der Waals surface area contributed by atoms with Crippen molar-refractivity contribution >= 4 is 39.6 Å². The SMILES string of the molecule is C[C@H]1CC[C@H](N(CCc2ccccc2)C(=O)Nc2ncc([S+]([O-])CC(=O)O)s2)CC1. The van der Waals surface area contributed by atoms with Crippen LogP contribution in [0.3, 0.4) is 0 Å². The standard InChI is InChI=1S/C21H27N3O4S2/c1-15-7-9-17(10-8-15)24(12-11-16-5-3-2-4-6-16)21(27)23-20-22-13-19(29-20)30(28)14-18(25)26/h2-6,13,15,17H,7-12,14H2,1H3,(H,25,26)(H,22,23,27)/t15-,17-,30?. The van der Waals surface area contributed by atoms with Gasteiger partial charge in [-0.1, -0.05) is 37.3 Å². The summed E-state index contributed by atoms with van der Waals surface area (Å²) in [4.78, 5) is 29.9. The zero-order valence-electron chi connectivity index (χ0n) is 17.0. The first-order chi connectivity index (χ1) is 14.4. The maximum Gasteiger partial charge on any atom is 0.354 e. The van der Waals surface area contributed by atoms with Crippen molar-refractivity contribution in [1.29, 1.82) is 0 Å². The van der Waals surface area contributed by atoms with Gasteiger partial charge in [0.1, 0.15) is 0 Å². The van der Waals surface area contributed by atoms with Crippen molar-refractivity contribution < 1.29 is 19.2 Å². The van der Waals surface area contributed by atoms with E-state index < -0.39 is 22.9 Å². The Balaban J connectivity index is 1.66. The smallest absolute Gasteiger partial charge is 0.354 e. The molecule has 1 fully saturated rings. The van der Waals surface area contributed by atoms with Crippen LogP contribution in [0, 0.1) is 5.92 Å². The molecule has 3 rings (SSSR count). The second-order valence-corrected chi connectivity index (χ2v) is 10.3. The first kappa shape index (κ1) is 22.6. The molecule has 2 aromatic rings. The topological polar surface area (TPSA) is 106 Å². The second-order valence-electron chi connectivity index (χ2n) is 7.64. The molecule has 1 heterocycles. The zero-order valence-corrected chi connectivity index (χ0v) is 18.6. The van der Waals surface area contributed by atoms with Crippen LogP contribution >= 0.6 is 11.3 Å². The summed E-state index contributed by atoms with van der Waals surface area (Å²) in [5.74, 6) is -0.920. The number of anilines is 1. The Bertz CT molecular complexity index is 838. The minimum absolute atomic E-state index is 0.186. The van der Waals surface area contributed by atoms with E-state index in [0.717, 1.165) is 43.4 Å². The lowest BCUT2D eigenvalue weighted by Crippen LogP contribution is -2.45. The molecule has 2 amide bonds. The van der Waals surface area contributed by atoms with Gasteiger partial charge in [-0.05, 0) is 54.9 Å². The monoisotopic (exact) mass is 449 g/mol. The summed E-state index contributed by atoms with van der Waals surface area (Å²) in [7, 11) is 0. The third-order valence-corrected chi connectivity index (χ3v) is 7.93. The lowest BCUT2D eigenvalue weighted by atomic mass is 9.86. The third-order valence-electron chi connectivity index (χ3n) is 5.35. The Kier molecular flexibility index (Phi) is 8.12. The lowest BCUT2D eigenvalue weighted by Gasteiger charge is -2.36. The Morgan fingerprint density at radius 2 is 1.97 bits per heavy atom. The molecule has 2 N–H and O–H groups in total. The normalized spacial score (nSPS) is 19.8. The fourth-order valence-electron chi connectivity index (χ4n) is 3.67. The lowest BCUT2D eigenvalue weighted by molar-refractivity contribution is -0.134. The number of nitrogens with one attached hydrogen (secondary N) is 1. The molecule has 1 aliphatic carbocycles. The molecule has 1 saturated carbocycles. The fraction of sp³-hybridized carbons (Fsp3) is 0.476. The van der Waals surface area contributed by atoms with Crippen LogP contribution in [0.5, 0.6) is 0 Å². The van der Waals surface area contributed by atoms with Gasteiger partial charge in [-0.15, -0.1) is 0 Å². The molecule has 0 spiro atoms. The van der Waals surface area contributed by atoms with Crippen LogP contribution in [0.15, 0.2) is 40.7 Å². The van der Waals surface area contributed by atoms with Crippen molar-refractivity contribution in [3.63, 3.8) is 0 Å². The van der Waals surface area contributed by atoms with E-state index in [4.69, 9.17) is 5.11 Å². The summed E-state index contributed by atoms with van der Waals surface area (Å²) < 4.78 is 12.3. The maximum absolute atomic E-state index is 13.1. The Labute approximate surface area is 183 Å².